The molecule has 110 valence electrons. The van der Waals surface area contributed by atoms with Crippen LogP contribution in [-0.4, -0.2) is 28.5 Å². The number of nitrogens with zero attached hydrogens (tertiary/aromatic N) is 1. The Hall–Kier alpha value is -1.24. The zero-order valence-corrected chi connectivity index (χ0v) is 13.6. The largest absolute Gasteiger partial charge is 0.454 e. The Morgan fingerprint density at radius 1 is 1.48 bits per heavy atom. The second kappa shape index (κ2) is 5.87. The summed E-state index contributed by atoms with van der Waals surface area (Å²) >= 11 is 12.7. The average Bonchev–Trinajstić information content (AvgIpc) is 3.00. The summed E-state index contributed by atoms with van der Waals surface area (Å²) < 4.78 is 11.2. The van der Waals surface area contributed by atoms with Gasteiger partial charge in [-0.2, -0.15) is 0 Å². The summed E-state index contributed by atoms with van der Waals surface area (Å²) in [5.41, 5.74) is 0.793. The van der Waals surface area contributed by atoms with E-state index in [0.717, 1.165) is 12.0 Å². The van der Waals surface area contributed by atoms with Crippen molar-refractivity contribution in [3.63, 3.8) is 0 Å². The molecule has 2 aliphatic heterocycles. The van der Waals surface area contributed by atoms with Crippen LogP contribution in [0.25, 0.3) is 6.08 Å². The first-order chi connectivity index (χ1) is 10.1. The van der Waals surface area contributed by atoms with Crippen LogP contribution in [0.4, 0.5) is 0 Å². The smallest absolute Gasteiger partial charge is 0.266 e. The van der Waals surface area contributed by atoms with Crippen LogP contribution in [0.2, 0.25) is 5.02 Å². The topological polar surface area (TPSA) is 38.8 Å². The summed E-state index contributed by atoms with van der Waals surface area (Å²) in [6.07, 6.45) is 2.65. The molecule has 0 spiro atoms. The van der Waals surface area contributed by atoms with E-state index in [-0.39, 0.29) is 12.7 Å². The van der Waals surface area contributed by atoms with Gasteiger partial charge < -0.3 is 9.47 Å². The molecule has 4 nitrogen and oxygen atoms in total. The number of fused-ring (bicyclic) bond motifs is 1. The lowest BCUT2D eigenvalue weighted by Crippen LogP contribution is -2.28. The van der Waals surface area contributed by atoms with E-state index in [1.54, 1.807) is 23.1 Å². The van der Waals surface area contributed by atoms with Crippen molar-refractivity contribution in [1.82, 2.24) is 4.90 Å². The minimum Gasteiger partial charge on any atom is -0.454 e. The van der Waals surface area contributed by atoms with Gasteiger partial charge in [0, 0.05) is 6.54 Å². The number of halogens is 1. The van der Waals surface area contributed by atoms with Crippen molar-refractivity contribution in [2.75, 3.05) is 13.3 Å². The van der Waals surface area contributed by atoms with Gasteiger partial charge in [0.25, 0.3) is 5.91 Å². The Labute approximate surface area is 137 Å². The van der Waals surface area contributed by atoms with Crippen LogP contribution in [0.15, 0.2) is 17.0 Å². The van der Waals surface area contributed by atoms with Crippen molar-refractivity contribution < 1.29 is 14.3 Å². The maximum Gasteiger partial charge on any atom is 0.266 e. The fourth-order valence-corrected chi connectivity index (χ4v) is 3.72. The van der Waals surface area contributed by atoms with Gasteiger partial charge in [0.1, 0.15) is 4.32 Å². The number of thioether (sulfide) groups is 1. The van der Waals surface area contributed by atoms with E-state index in [1.807, 2.05) is 6.92 Å². The highest BCUT2D eigenvalue weighted by molar-refractivity contribution is 8.26. The van der Waals surface area contributed by atoms with Gasteiger partial charge in [-0.15, -0.1) is 0 Å². The molecule has 0 N–H and O–H groups in total. The molecule has 3 rings (SSSR count). The summed E-state index contributed by atoms with van der Waals surface area (Å²) in [4.78, 5) is 14.5. The van der Waals surface area contributed by atoms with E-state index in [1.165, 1.54) is 11.8 Å². The predicted molar refractivity (Wildman–Crippen MR) is 87.7 cm³/mol. The molecule has 0 unspecified atom stereocenters. The lowest BCUT2D eigenvalue weighted by Gasteiger charge is -2.11. The van der Waals surface area contributed by atoms with Crippen molar-refractivity contribution in [2.24, 2.45) is 0 Å². The number of hydrogen-bond donors (Lipinski definition) is 0. The van der Waals surface area contributed by atoms with Crippen molar-refractivity contribution >= 4 is 51.9 Å². The lowest BCUT2D eigenvalue weighted by atomic mass is 10.2. The molecule has 1 fully saturated rings. The Kier molecular flexibility index (Phi) is 4.10. The summed E-state index contributed by atoms with van der Waals surface area (Å²) in [5, 5.41) is 0.472. The highest BCUT2D eigenvalue weighted by Crippen LogP contribution is 2.41. The number of hydrogen-bond acceptors (Lipinski definition) is 5. The summed E-state index contributed by atoms with van der Waals surface area (Å²) in [7, 11) is 0. The minimum absolute atomic E-state index is 0.0550. The van der Waals surface area contributed by atoms with Gasteiger partial charge in [-0.3, -0.25) is 9.69 Å². The third kappa shape index (κ3) is 2.75. The Bertz CT molecular complexity index is 660. The molecule has 1 aromatic carbocycles. The number of carbonyl (C=O) groups excluding carboxylic acids is 1. The Balaban J connectivity index is 1.91. The van der Waals surface area contributed by atoms with Gasteiger partial charge in [-0.1, -0.05) is 42.5 Å². The van der Waals surface area contributed by atoms with Crippen LogP contribution in [0, 0.1) is 0 Å². The van der Waals surface area contributed by atoms with Crippen LogP contribution in [-0.2, 0) is 4.79 Å². The molecular weight excluding hydrogens is 330 g/mol. The highest BCUT2D eigenvalue weighted by atomic mass is 35.5. The molecule has 21 heavy (non-hydrogen) atoms. The number of thiocarbonyl (C=S) groups is 1. The third-order valence-corrected chi connectivity index (χ3v) is 4.73. The fraction of sp³-hybridized carbons (Fsp3) is 0.286. The van der Waals surface area contributed by atoms with Crippen molar-refractivity contribution in [3.8, 4) is 11.5 Å². The van der Waals surface area contributed by atoms with Crippen molar-refractivity contribution in [1.29, 1.82) is 0 Å². The van der Waals surface area contributed by atoms with Gasteiger partial charge >= 0.3 is 0 Å². The molecule has 1 amide bonds. The van der Waals surface area contributed by atoms with E-state index in [9.17, 15) is 4.79 Å². The van der Waals surface area contributed by atoms with Crippen molar-refractivity contribution in [3.05, 3.63) is 27.6 Å². The van der Waals surface area contributed by atoms with Crippen LogP contribution in [0.1, 0.15) is 18.9 Å². The molecule has 0 aromatic heterocycles. The Morgan fingerprint density at radius 3 is 3.05 bits per heavy atom. The van der Waals surface area contributed by atoms with Gasteiger partial charge in [-0.05, 0) is 30.2 Å². The lowest BCUT2D eigenvalue weighted by molar-refractivity contribution is -0.122. The molecule has 0 bridgehead atoms. The second-order valence-electron chi connectivity index (χ2n) is 4.57. The molecule has 7 heteroatoms. The monoisotopic (exact) mass is 341 g/mol. The zero-order chi connectivity index (χ0) is 15.0. The maximum atomic E-state index is 12.3. The van der Waals surface area contributed by atoms with Crippen LogP contribution >= 0.6 is 35.6 Å². The van der Waals surface area contributed by atoms with E-state index in [0.29, 0.717) is 32.3 Å². The molecule has 2 heterocycles. The van der Waals surface area contributed by atoms with E-state index in [2.05, 4.69) is 0 Å². The number of amides is 1. The summed E-state index contributed by atoms with van der Waals surface area (Å²) in [6, 6.07) is 3.56. The molecule has 2 aliphatic rings. The van der Waals surface area contributed by atoms with Gasteiger partial charge in [-0.25, -0.2) is 0 Å². The van der Waals surface area contributed by atoms with Crippen molar-refractivity contribution in [2.45, 2.75) is 13.3 Å². The number of rotatable bonds is 3. The quantitative estimate of drug-likeness (QED) is 0.619. The molecule has 1 aromatic rings. The van der Waals surface area contributed by atoms with Crippen LogP contribution in [0.5, 0.6) is 11.5 Å². The first-order valence-corrected chi connectivity index (χ1v) is 8.05. The van der Waals surface area contributed by atoms with Gasteiger partial charge in [0.05, 0.1) is 9.93 Å². The number of benzene rings is 1. The number of carbonyl (C=O) groups is 1. The highest BCUT2D eigenvalue weighted by Gasteiger charge is 2.31. The van der Waals surface area contributed by atoms with Gasteiger partial charge in [0.2, 0.25) is 6.79 Å². The summed E-state index contributed by atoms with van der Waals surface area (Å²) in [6.45, 7) is 2.82. The molecule has 0 saturated carbocycles. The normalized spacial score (nSPS) is 19.0. The molecule has 0 atom stereocenters. The van der Waals surface area contributed by atoms with E-state index in [4.69, 9.17) is 33.3 Å². The molecule has 0 aliphatic carbocycles. The standard InChI is InChI=1S/C14H12ClNO3S2/c1-2-3-16-13(17)11(21-14(16)20)6-8-4-9(15)12-10(5-8)18-7-19-12/h4-6H,2-3,7H2,1H3/b11-6+. The molecular formula is C14H12ClNO3S2. The maximum absolute atomic E-state index is 12.3. The fourth-order valence-electron chi connectivity index (χ4n) is 2.14. The summed E-state index contributed by atoms with van der Waals surface area (Å²) in [5.74, 6) is 1.09. The SMILES string of the molecule is CCCN1C(=O)/C(=C\c2cc(Cl)c3c(c2)OCO3)SC1=S. The first-order valence-electron chi connectivity index (χ1n) is 6.44. The van der Waals surface area contributed by atoms with E-state index >= 15 is 0 Å². The predicted octanol–water partition coefficient (Wildman–Crippen LogP) is 3.68. The Morgan fingerprint density at radius 2 is 2.29 bits per heavy atom. The third-order valence-electron chi connectivity index (χ3n) is 3.07. The minimum atomic E-state index is -0.0550. The molecule has 0 radical (unpaired) electrons. The number of ether oxygens (including phenoxy) is 2. The first kappa shape index (κ1) is 14.7. The molecule has 1 saturated heterocycles. The van der Waals surface area contributed by atoms with Crippen LogP contribution < -0.4 is 9.47 Å². The van der Waals surface area contributed by atoms with Crippen LogP contribution in [0.3, 0.4) is 0 Å². The zero-order valence-electron chi connectivity index (χ0n) is 11.2. The van der Waals surface area contributed by atoms with Gasteiger partial charge in [0.15, 0.2) is 11.5 Å². The van der Waals surface area contributed by atoms with E-state index < -0.39 is 0 Å². The average molecular weight is 342 g/mol. The second-order valence-corrected chi connectivity index (χ2v) is 6.65.